The number of hydrogen-bond acceptors (Lipinski definition) is 7. The van der Waals surface area contributed by atoms with Gasteiger partial charge < -0.3 is 24.3 Å². The molecule has 1 saturated heterocycles. The van der Waals surface area contributed by atoms with E-state index in [-0.39, 0.29) is 18.3 Å². The first-order valence-electron chi connectivity index (χ1n) is 10.2. The van der Waals surface area contributed by atoms with Gasteiger partial charge in [0.05, 0.1) is 27.4 Å². The van der Waals surface area contributed by atoms with Crippen molar-refractivity contribution in [1.82, 2.24) is 4.90 Å². The molecule has 8 heteroatoms. The second-order valence-electron chi connectivity index (χ2n) is 7.48. The first-order valence-corrected chi connectivity index (χ1v) is 10.2. The molecule has 1 fully saturated rings. The van der Waals surface area contributed by atoms with Crippen LogP contribution in [0, 0.1) is 0 Å². The number of carbonyl (C=O) groups excluding carboxylic acids is 2. The number of amides is 1. The van der Waals surface area contributed by atoms with E-state index in [1.165, 1.54) is 19.8 Å². The predicted octanol–water partition coefficient (Wildman–Crippen LogP) is 2.43. The molecular formula is C23H26N2O6. The summed E-state index contributed by atoms with van der Waals surface area (Å²) in [6.45, 7) is 4.04. The summed E-state index contributed by atoms with van der Waals surface area (Å²) in [5, 5.41) is 2.88. The van der Waals surface area contributed by atoms with E-state index in [1.54, 1.807) is 12.1 Å². The molecule has 2 heterocycles. The molecule has 0 bridgehead atoms. The molecule has 164 valence electrons. The SMILES string of the molecule is COc1cc2c(cc1OC)C(C(=O)Nc1ccc(CN3CCOCC3)cc1)OCC2=O. The third-order valence-corrected chi connectivity index (χ3v) is 5.49. The van der Waals surface area contributed by atoms with Crippen molar-refractivity contribution in [2.75, 3.05) is 52.4 Å². The van der Waals surface area contributed by atoms with Crippen molar-refractivity contribution in [1.29, 1.82) is 0 Å². The van der Waals surface area contributed by atoms with Crippen molar-refractivity contribution >= 4 is 17.4 Å². The summed E-state index contributed by atoms with van der Waals surface area (Å²) in [6, 6.07) is 11.0. The number of anilines is 1. The Hall–Kier alpha value is -2.94. The number of hydrogen-bond donors (Lipinski definition) is 1. The summed E-state index contributed by atoms with van der Waals surface area (Å²) in [5.74, 6) is 0.325. The molecule has 0 aliphatic carbocycles. The Balaban J connectivity index is 1.47. The Morgan fingerprint density at radius 1 is 1.10 bits per heavy atom. The summed E-state index contributed by atoms with van der Waals surface area (Å²) < 4.78 is 21.6. The number of morpholine rings is 1. The van der Waals surface area contributed by atoms with Crippen molar-refractivity contribution in [3.63, 3.8) is 0 Å². The topological polar surface area (TPSA) is 86.3 Å². The lowest BCUT2D eigenvalue weighted by Crippen LogP contribution is -2.35. The fraction of sp³-hybridized carbons (Fsp3) is 0.391. The molecular weight excluding hydrogens is 400 g/mol. The van der Waals surface area contributed by atoms with Gasteiger partial charge in [-0.2, -0.15) is 0 Å². The van der Waals surface area contributed by atoms with Crippen LogP contribution in [0.25, 0.3) is 0 Å². The molecule has 1 atom stereocenters. The zero-order valence-electron chi connectivity index (χ0n) is 17.7. The number of methoxy groups -OCH3 is 2. The van der Waals surface area contributed by atoms with Gasteiger partial charge in [0.2, 0.25) is 0 Å². The van der Waals surface area contributed by atoms with E-state index in [9.17, 15) is 9.59 Å². The number of rotatable bonds is 6. The van der Waals surface area contributed by atoms with Crippen LogP contribution in [-0.2, 0) is 20.8 Å². The summed E-state index contributed by atoms with van der Waals surface area (Å²) in [7, 11) is 3.00. The lowest BCUT2D eigenvalue weighted by molar-refractivity contribution is -0.127. The molecule has 0 spiro atoms. The number of ether oxygens (including phenoxy) is 4. The van der Waals surface area contributed by atoms with Gasteiger partial charge >= 0.3 is 0 Å². The molecule has 0 radical (unpaired) electrons. The fourth-order valence-electron chi connectivity index (χ4n) is 3.82. The van der Waals surface area contributed by atoms with E-state index in [2.05, 4.69) is 10.2 Å². The molecule has 2 aliphatic heterocycles. The van der Waals surface area contributed by atoms with Gasteiger partial charge in [0.15, 0.2) is 23.4 Å². The minimum Gasteiger partial charge on any atom is -0.493 e. The summed E-state index contributed by atoms with van der Waals surface area (Å²) in [6.07, 6.45) is -0.916. The Morgan fingerprint density at radius 2 is 1.77 bits per heavy atom. The number of nitrogens with one attached hydrogen (secondary N) is 1. The van der Waals surface area contributed by atoms with Crippen LogP contribution in [0.15, 0.2) is 36.4 Å². The third kappa shape index (κ3) is 4.71. The van der Waals surface area contributed by atoms with E-state index in [0.29, 0.717) is 28.3 Å². The minimum atomic E-state index is -0.916. The highest BCUT2D eigenvalue weighted by Gasteiger charge is 2.33. The van der Waals surface area contributed by atoms with Crippen LogP contribution in [0.1, 0.15) is 27.6 Å². The van der Waals surface area contributed by atoms with Crippen molar-refractivity contribution < 1.29 is 28.5 Å². The quantitative estimate of drug-likeness (QED) is 0.759. The van der Waals surface area contributed by atoms with Gasteiger partial charge in [0.1, 0.15) is 6.61 Å². The van der Waals surface area contributed by atoms with Gasteiger partial charge in [-0.1, -0.05) is 12.1 Å². The summed E-state index contributed by atoms with van der Waals surface area (Å²) >= 11 is 0. The summed E-state index contributed by atoms with van der Waals surface area (Å²) in [4.78, 5) is 27.6. The molecule has 2 aromatic rings. The van der Waals surface area contributed by atoms with Crippen molar-refractivity contribution in [2.24, 2.45) is 0 Å². The van der Waals surface area contributed by atoms with Crippen LogP contribution in [0.5, 0.6) is 11.5 Å². The molecule has 0 aromatic heterocycles. The zero-order valence-corrected chi connectivity index (χ0v) is 17.7. The van der Waals surface area contributed by atoms with E-state index >= 15 is 0 Å². The monoisotopic (exact) mass is 426 g/mol. The molecule has 2 aromatic carbocycles. The second kappa shape index (κ2) is 9.47. The number of ketones is 1. The van der Waals surface area contributed by atoms with Crippen LogP contribution in [0.3, 0.4) is 0 Å². The van der Waals surface area contributed by atoms with Crippen LogP contribution in [0.2, 0.25) is 0 Å². The van der Waals surface area contributed by atoms with E-state index in [1.807, 2.05) is 24.3 Å². The number of carbonyl (C=O) groups is 2. The van der Waals surface area contributed by atoms with E-state index in [4.69, 9.17) is 18.9 Å². The lowest BCUT2D eigenvalue weighted by Gasteiger charge is -2.27. The molecule has 1 amide bonds. The highest BCUT2D eigenvalue weighted by atomic mass is 16.5. The zero-order chi connectivity index (χ0) is 21.8. The maximum absolute atomic E-state index is 13.0. The van der Waals surface area contributed by atoms with E-state index in [0.717, 1.165) is 32.8 Å². The van der Waals surface area contributed by atoms with Gasteiger partial charge in [-0.3, -0.25) is 14.5 Å². The van der Waals surface area contributed by atoms with Crippen LogP contribution in [0.4, 0.5) is 5.69 Å². The average molecular weight is 426 g/mol. The standard InChI is InChI=1S/C23H26N2O6/c1-28-20-11-17-18(12-21(20)29-2)22(31-14-19(17)26)23(27)24-16-5-3-15(4-6-16)13-25-7-9-30-10-8-25/h3-6,11-12,22H,7-10,13-14H2,1-2H3,(H,24,27). The number of fused-ring (bicyclic) bond motifs is 1. The van der Waals surface area contributed by atoms with Gasteiger partial charge in [-0.15, -0.1) is 0 Å². The maximum atomic E-state index is 13.0. The van der Waals surface area contributed by atoms with Crippen LogP contribution < -0.4 is 14.8 Å². The van der Waals surface area contributed by atoms with Gasteiger partial charge in [-0.25, -0.2) is 0 Å². The van der Waals surface area contributed by atoms with Crippen molar-refractivity contribution in [3.05, 3.63) is 53.1 Å². The lowest BCUT2D eigenvalue weighted by atomic mass is 9.95. The highest BCUT2D eigenvalue weighted by Crippen LogP contribution is 2.37. The van der Waals surface area contributed by atoms with Gasteiger partial charge in [0.25, 0.3) is 5.91 Å². The first kappa shape index (κ1) is 21.3. The largest absolute Gasteiger partial charge is 0.493 e. The Morgan fingerprint density at radius 3 is 2.45 bits per heavy atom. The molecule has 1 unspecified atom stereocenters. The molecule has 1 N–H and O–H groups in total. The normalized spacial score (nSPS) is 18.9. The number of benzene rings is 2. The number of nitrogens with zero attached hydrogens (tertiary/aromatic N) is 1. The van der Waals surface area contributed by atoms with Crippen molar-refractivity contribution in [3.8, 4) is 11.5 Å². The van der Waals surface area contributed by atoms with Gasteiger partial charge in [-0.05, 0) is 29.8 Å². The first-order chi connectivity index (χ1) is 15.1. The number of Topliss-reactive ketones (excluding diaryl/α,β-unsaturated/α-hetero) is 1. The van der Waals surface area contributed by atoms with E-state index < -0.39 is 6.10 Å². The van der Waals surface area contributed by atoms with Crippen molar-refractivity contribution in [2.45, 2.75) is 12.6 Å². The Kier molecular flexibility index (Phi) is 6.50. The fourth-order valence-corrected chi connectivity index (χ4v) is 3.82. The maximum Gasteiger partial charge on any atom is 0.258 e. The summed E-state index contributed by atoms with van der Waals surface area (Å²) in [5.41, 5.74) is 2.71. The Bertz CT molecular complexity index is 953. The molecule has 31 heavy (non-hydrogen) atoms. The molecule has 4 rings (SSSR count). The average Bonchev–Trinajstić information content (AvgIpc) is 2.80. The minimum absolute atomic E-state index is 0.168. The third-order valence-electron chi connectivity index (χ3n) is 5.49. The van der Waals surface area contributed by atoms with Gasteiger partial charge in [0, 0.05) is 36.4 Å². The van der Waals surface area contributed by atoms with Crippen LogP contribution >= 0.6 is 0 Å². The second-order valence-corrected chi connectivity index (χ2v) is 7.48. The smallest absolute Gasteiger partial charge is 0.258 e. The molecule has 8 nitrogen and oxygen atoms in total. The Labute approximate surface area is 181 Å². The molecule has 0 saturated carbocycles. The molecule has 2 aliphatic rings. The highest BCUT2D eigenvalue weighted by molar-refractivity contribution is 6.04. The van der Waals surface area contributed by atoms with Crippen LogP contribution in [-0.4, -0.2) is 63.7 Å². The predicted molar refractivity (Wildman–Crippen MR) is 114 cm³/mol.